The average molecular weight is 332 g/mol. The minimum absolute atomic E-state index is 0.0672. The fourth-order valence-electron chi connectivity index (χ4n) is 2.33. The van der Waals surface area contributed by atoms with Crippen molar-refractivity contribution in [2.75, 3.05) is 7.11 Å². The maximum atomic E-state index is 12.3. The van der Waals surface area contributed by atoms with E-state index in [0.29, 0.717) is 0 Å². The van der Waals surface area contributed by atoms with E-state index in [9.17, 15) is 30.3 Å². The first kappa shape index (κ1) is 15.3. The highest BCUT2D eigenvalue weighted by molar-refractivity contribution is 5.92. The predicted octanol–water partition coefficient (Wildman–Crippen LogP) is 2.00. The van der Waals surface area contributed by atoms with Crippen LogP contribution >= 0.6 is 0 Å². The SMILES string of the molecule is COc1cc(-c2oc3c(O)c(O)cc(O)c3c(=O)c2O)ccc1O. The van der Waals surface area contributed by atoms with E-state index in [4.69, 9.17) is 9.15 Å². The maximum absolute atomic E-state index is 12.3. The Morgan fingerprint density at radius 3 is 2.29 bits per heavy atom. The number of methoxy groups -OCH3 is 1. The predicted molar refractivity (Wildman–Crippen MR) is 82.8 cm³/mol. The van der Waals surface area contributed by atoms with Gasteiger partial charge in [-0.25, -0.2) is 0 Å². The summed E-state index contributed by atoms with van der Waals surface area (Å²) >= 11 is 0. The molecular formula is C16H12O8. The Morgan fingerprint density at radius 2 is 1.62 bits per heavy atom. The standard InChI is InChI=1S/C16H12O8/c1-23-10-4-6(2-3-7(10)17)15-14(22)13(21)11-8(18)5-9(19)12(20)16(11)24-15/h2-5,17-20,22H,1H3. The fraction of sp³-hybridized carbons (Fsp3) is 0.0625. The summed E-state index contributed by atoms with van der Waals surface area (Å²) in [4.78, 5) is 12.3. The van der Waals surface area contributed by atoms with Crippen molar-refractivity contribution in [1.29, 1.82) is 0 Å². The molecule has 0 bridgehead atoms. The molecular weight excluding hydrogens is 320 g/mol. The van der Waals surface area contributed by atoms with E-state index in [2.05, 4.69) is 0 Å². The molecule has 0 atom stereocenters. The molecule has 1 aromatic heterocycles. The quantitative estimate of drug-likeness (QED) is 0.354. The van der Waals surface area contributed by atoms with Gasteiger partial charge < -0.3 is 34.7 Å². The lowest BCUT2D eigenvalue weighted by molar-refractivity contribution is 0.373. The number of aromatic hydroxyl groups is 5. The molecule has 8 heteroatoms. The van der Waals surface area contributed by atoms with Gasteiger partial charge in [0.1, 0.15) is 11.1 Å². The van der Waals surface area contributed by atoms with Crippen LogP contribution in [0.1, 0.15) is 0 Å². The van der Waals surface area contributed by atoms with Gasteiger partial charge >= 0.3 is 0 Å². The summed E-state index contributed by atoms with van der Waals surface area (Å²) < 4.78 is 10.3. The number of phenols is 4. The molecule has 0 saturated heterocycles. The third-order valence-electron chi connectivity index (χ3n) is 3.52. The van der Waals surface area contributed by atoms with Gasteiger partial charge in [0.05, 0.1) is 7.11 Å². The topological polar surface area (TPSA) is 141 Å². The molecule has 1 heterocycles. The van der Waals surface area contributed by atoms with E-state index in [-0.39, 0.29) is 22.8 Å². The second-order valence-electron chi connectivity index (χ2n) is 4.96. The Morgan fingerprint density at radius 1 is 0.917 bits per heavy atom. The molecule has 0 unspecified atom stereocenters. The number of phenolic OH excluding ortho intramolecular Hbond substituents is 4. The Balaban J connectivity index is 2.40. The summed E-state index contributed by atoms with van der Waals surface area (Å²) in [7, 11) is 1.32. The molecule has 3 rings (SSSR count). The van der Waals surface area contributed by atoms with Crippen LogP contribution in [0.5, 0.6) is 34.5 Å². The fourth-order valence-corrected chi connectivity index (χ4v) is 2.33. The monoisotopic (exact) mass is 332 g/mol. The Hall–Kier alpha value is -3.55. The summed E-state index contributed by atoms with van der Waals surface area (Å²) in [6, 6.07) is 4.68. The van der Waals surface area contributed by atoms with Crippen molar-refractivity contribution in [3.8, 4) is 45.8 Å². The molecule has 2 aromatic carbocycles. The zero-order valence-corrected chi connectivity index (χ0v) is 12.3. The third kappa shape index (κ3) is 2.12. The van der Waals surface area contributed by atoms with E-state index >= 15 is 0 Å². The van der Waals surface area contributed by atoms with Gasteiger partial charge in [-0.2, -0.15) is 0 Å². The molecule has 0 amide bonds. The first-order valence-corrected chi connectivity index (χ1v) is 6.66. The molecule has 0 aliphatic heterocycles. The van der Waals surface area contributed by atoms with Gasteiger partial charge in [0.15, 0.2) is 28.6 Å². The molecule has 0 spiro atoms. The molecule has 0 aliphatic rings. The van der Waals surface area contributed by atoms with Crippen LogP contribution in [0, 0.1) is 0 Å². The molecule has 0 radical (unpaired) electrons. The number of fused-ring (bicyclic) bond motifs is 1. The van der Waals surface area contributed by atoms with Crippen molar-refractivity contribution >= 4 is 11.0 Å². The first-order valence-electron chi connectivity index (χ1n) is 6.66. The van der Waals surface area contributed by atoms with E-state index in [1.807, 2.05) is 0 Å². The summed E-state index contributed by atoms with van der Waals surface area (Å²) in [5, 5.41) is 48.4. The van der Waals surface area contributed by atoms with Gasteiger partial charge in [-0.3, -0.25) is 4.79 Å². The van der Waals surface area contributed by atoms with Crippen molar-refractivity contribution in [3.05, 3.63) is 34.5 Å². The number of benzene rings is 2. The smallest absolute Gasteiger partial charge is 0.238 e. The first-order chi connectivity index (χ1) is 11.3. The van der Waals surface area contributed by atoms with Gasteiger partial charge in [0, 0.05) is 11.6 Å². The second-order valence-corrected chi connectivity index (χ2v) is 4.96. The molecule has 3 aromatic rings. The van der Waals surface area contributed by atoms with Crippen LogP contribution in [0.2, 0.25) is 0 Å². The zero-order chi connectivity index (χ0) is 17.6. The lowest BCUT2D eigenvalue weighted by atomic mass is 10.1. The molecule has 0 saturated carbocycles. The third-order valence-corrected chi connectivity index (χ3v) is 3.52. The van der Waals surface area contributed by atoms with Crippen LogP contribution in [0.25, 0.3) is 22.3 Å². The van der Waals surface area contributed by atoms with Gasteiger partial charge in [-0.05, 0) is 18.2 Å². The maximum Gasteiger partial charge on any atom is 0.238 e. The summed E-state index contributed by atoms with van der Waals surface area (Å²) in [6.07, 6.45) is 0. The van der Waals surface area contributed by atoms with Crippen molar-refractivity contribution in [2.45, 2.75) is 0 Å². The van der Waals surface area contributed by atoms with E-state index in [1.165, 1.54) is 25.3 Å². The lowest BCUT2D eigenvalue weighted by Gasteiger charge is -2.10. The Labute approximate surface area is 134 Å². The molecule has 124 valence electrons. The van der Waals surface area contributed by atoms with E-state index in [1.54, 1.807) is 0 Å². The van der Waals surface area contributed by atoms with Gasteiger partial charge in [-0.1, -0.05) is 0 Å². The number of rotatable bonds is 2. The van der Waals surface area contributed by atoms with Crippen LogP contribution in [0.15, 0.2) is 33.5 Å². The second kappa shape index (κ2) is 5.27. The van der Waals surface area contributed by atoms with Crippen molar-refractivity contribution < 1.29 is 34.7 Å². The average Bonchev–Trinajstić information content (AvgIpc) is 2.55. The van der Waals surface area contributed by atoms with Crippen LogP contribution in [0.4, 0.5) is 0 Å². The minimum atomic E-state index is -0.994. The minimum Gasteiger partial charge on any atom is -0.507 e. The van der Waals surface area contributed by atoms with Crippen molar-refractivity contribution in [3.63, 3.8) is 0 Å². The van der Waals surface area contributed by atoms with Gasteiger partial charge in [-0.15, -0.1) is 0 Å². The van der Waals surface area contributed by atoms with Gasteiger partial charge in [0.2, 0.25) is 16.9 Å². The van der Waals surface area contributed by atoms with Crippen LogP contribution in [-0.4, -0.2) is 32.6 Å². The lowest BCUT2D eigenvalue weighted by Crippen LogP contribution is -2.03. The highest BCUT2D eigenvalue weighted by Gasteiger charge is 2.22. The highest BCUT2D eigenvalue weighted by atomic mass is 16.5. The molecule has 24 heavy (non-hydrogen) atoms. The van der Waals surface area contributed by atoms with Crippen molar-refractivity contribution in [1.82, 2.24) is 0 Å². The Bertz CT molecular complexity index is 1020. The highest BCUT2D eigenvalue weighted by Crippen LogP contribution is 2.42. The number of hydrogen-bond acceptors (Lipinski definition) is 8. The zero-order valence-electron chi connectivity index (χ0n) is 12.3. The van der Waals surface area contributed by atoms with Crippen LogP contribution in [-0.2, 0) is 0 Å². The molecule has 8 nitrogen and oxygen atoms in total. The summed E-state index contributed by atoms with van der Waals surface area (Å²) in [5.74, 6) is -3.34. The summed E-state index contributed by atoms with van der Waals surface area (Å²) in [6.45, 7) is 0. The van der Waals surface area contributed by atoms with E-state index < -0.39 is 39.4 Å². The van der Waals surface area contributed by atoms with Crippen molar-refractivity contribution in [2.24, 2.45) is 0 Å². The van der Waals surface area contributed by atoms with Crippen LogP contribution in [0.3, 0.4) is 0 Å². The number of hydrogen-bond donors (Lipinski definition) is 5. The Kier molecular flexibility index (Phi) is 3.37. The molecule has 5 N–H and O–H groups in total. The normalized spacial score (nSPS) is 10.9. The largest absolute Gasteiger partial charge is 0.507 e. The van der Waals surface area contributed by atoms with Gasteiger partial charge in [0.25, 0.3) is 0 Å². The summed E-state index contributed by atoms with van der Waals surface area (Å²) in [5.41, 5.74) is -1.31. The van der Waals surface area contributed by atoms with E-state index in [0.717, 1.165) is 6.07 Å². The van der Waals surface area contributed by atoms with Crippen LogP contribution < -0.4 is 10.2 Å². The molecule has 0 fully saturated rings. The molecule has 0 aliphatic carbocycles. The number of ether oxygens (including phenoxy) is 1.